The number of benzene rings is 2. The highest BCUT2D eigenvalue weighted by atomic mass is 35.5. The largest absolute Gasteiger partial charge is 0.376 e. The molecule has 0 bridgehead atoms. The molecule has 0 aromatic heterocycles. The minimum atomic E-state index is -0.0638. The van der Waals surface area contributed by atoms with E-state index in [1.807, 2.05) is 24.3 Å². The van der Waals surface area contributed by atoms with Crippen molar-refractivity contribution >= 4 is 35.0 Å². The summed E-state index contributed by atoms with van der Waals surface area (Å²) in [5.41, 5.74) is 1.41. The number of carbonyl (C=O) groups is 1. The first-order valence-electron chi connectivity index (χ1n) is 7.06. The third-order valence-corrected chi connectivity index (χ3v) is 4.24. The molecule has 4 nitrogen and oxygen atoms in total. The van der Waals surface area contributed by atoms with Crippen LogP contribution in [0.4, 0.5) is 5.69 Å². The van der Waals surface area contributed by atoms with Gasteiger partial charge in [-0.1, -0.05) is 11.6 Å². The summed E-state index contributed by atoms with van der Waals surface area (Å²) in [7, 11) is 0. The van der Waals surface area contributed by atoms with Crippen LogP contribution in [0.5, 0.6) is 0 Å². The first-order valence-corrected chi connectivity index (χ1v) is 8.43. The molecule has 0 heterocycles. The Hall–Kier alpha value is -2.16. The van der Waals surface area contributed by atoms with E-state index in [-0.39, 0.29) is 12.5 Å². The first kappa shape index (κ1) is 17.2. The normalized spacial score (nSPS) is 9.91. The van der Waals surface area contributed by atoms with Crippen LogP contribution in [-0.2, 0) is 4.79 Å². The van der Waals surface area contributed by atoms with Crippen LogP contribution < -0.4 is 10.6 Å². The van der Waals surface area contributed by atoms with Gasteiger partial charge in [0.05, 0.1) is 18.2 Å². The first-order chi connectivity index (χ1) is 11.2. The van der Waals surface area contributed by atoms with Crippen molar-refractivity contribution in [2.75, 3.05) is 24.2 Å². The highest BCUT2D eigenvalue weighted by molar-refractivity contribution is 7.99. The van der Waals surface area contributed by atoms with Crippen LogP contribution in [0.2, 0.25) is 5.02 Å². The molecule has 118 valence electrons. The maximum Gasteiger partial charge on any atom is 0.239 e. The molecular weight excluding hydrogens is 330 g/mol. The Labute approximate surface area is 144 Å². The molecule has 23 heavy (non-hydrogen) atoms. The van der Waals surface area contributed by atoms with Crippen molar-refractivity contribution in [1.82, 2.24) is 5.32 Å². The van der Waals surface area contributed by atoms with Gasteiger partial charge >= 0.3 is 0 Å². The summed E-state index contributed by atoms with van der Waals surface area (Å²) in [5.74, 6) is 0.732. The molecule has 0 saturated carbocycles. The van der Waals surface area contributed by atoms with E-state index in [9.17, 15) is 4.79 Å². The molecule has 2 aromatic rings. The van der Waals surface area contributed by atoms with Gasteiger partial charge in [0.1, 0.15) is 0 Å². The number of nitrogens with zero attached hydrogens (tertiary/aromatic N) is 1. The quantitative estimate of drug-likeness (QED) is 0.595. The summed E-state index contributed by atoms with van der Waals surface area (Å²) < 4.78 is 0. The van der Waals surface area contributed by atoms with E-state index in [2.05, 4.69) is 16.7 Å². The smallest absolute Gasteiger partial charge is 0.239 e. The molecular formula is C17H16ClN3OS. The molecule has 0 aliphatic rings. The number of amides is 1. The van der Waals surface area contributed by atoms with Crippen LogP contribution in [0.25, 0.3) is 0 Å². The Morgan fingerprint density at radius 2 is 1.83 bits per heavy atom. The van der Waals surface area contributed by atoms with Crippen LogP contribution >= 0.6 is 23.4 Å². The Morgan fingerprint density at radius 1 is 1.13 bits per heavy atom. The molecule has 0 unspecified atom stereocenters. The molecule has 6 heteroatoms. The van der Waals surface area contributed by atoms with Crippen molar-refractivity contribution < 1.29 is 4.79 Å². The number of carbonyl (C=O) groups excluding carboxylic acids is 1. The molecule has 0 aliphatic heterocycles. The third kappa shape index (κ3) is 6.23. The monoisotopic (exact) mass is 345 g/mol. The Kier molecular flexibility index (Phi) is 6.79. The number of nitrogens with one attached hydrogen (secondary N) is 2. The van der Waals surface area contributed by atoms with Crippen molar-refractivity contribution in [3.8, 4) is 6.07 Å². The third-order valence-electron chi connectivity index (χ3n) is 2.97. The average Bonchev–Trinajstić information content (AvgIpc) is 2.59. The van der Waals surface area contributed by atoms with E-state index >= 15 is 0 Å². The SMILES string of the molecule is N#Cc1ccc(NCC(=O)NCCSc2ccc(Cl)cc2)cc1. The zero-order chi connectivity index (χ0) is 16.5. The van der Waals surface area contributed by atoms with Crippen LogP contribution in [0.3, 0.4) is 0 Å². The standard InChI is InChI=1S/C17H16ClN3OS/c18-14-3-7-16(8-4-14)23-10-9-20-17(22)12-21-15-5-1-13(11-19)2-6-15/h1-8,21H,9-10,12H2,(H,20,22). The number of rotatable bonds is 7. The number of nitriles is 1. The van der Waals surface area contributed by atoms with Crippen LogP contribution in [-0.4, -0.2) is 24.7 Å². The van der Waals surface area contributed by atoms with Gasteiger partial charge in [-0.3, -0.25) is 4.79 Å². The summed E-state index contributed by atoms with van der Waals surface area (Å²) in [5, 5.41) is 15.3. The van der Waals surface area contributed by atoms with Crippen molar-refractivity contribution in [3.63, 3.8) is 0 Å². The minimum absolute atomic E-state index is 0.0638. The topological polar surface area (TPSA) is 64.9 Å². The van der Waals surface area contributed by atoms with Crippen molar-refractivity contribution in [3.05, 3.63) is 59.1 Å². The molecule has 0 atom stereocenters. The fourth-order valence-corrected chi connectivity index (χ4v) is 2.69. The second kappa shape index (κ2) is 9.09. The van der Waals surface area contributed by atoms with Gasteiger partial charge in [0.25, 0.3) is 0 Å². The molecule has 0 aliphatic carbocycles. The van der Waals surface area contributed by atoms with E-state index in [0.717, 1.165) is 21.4 Å². The summed E-state index contributed by atoms with van der Waals surface area (Å²) in [6.07, 6.45) is 0. The predicted molar refractivity (Wildman–Crippen MR) is 94.8 cm³/mol. The van der Waals surface area contributed by atoms with Gasteiger partial charge in [0.15, 0.2) is 0 Å². The number of hydrogen-bond donors (Lipinski definition) is 2. The highest BCUT2D eigenvalue weighted by Crippen LogP contribution is 2.19. The Morgan fingerprint density at radius 3 is 2.48 bits per heavy atom. The lowest BCUT2D eigenvalue weighted by Crippen LogP contribution is -2.31. The zero-order valence-corrected chi connectivity index (χ0v) is 14.0. The van der Waals surface area contributed by atoms with Gasteiger partial charge in [-0.05, 0) is 48.5 Å². The van der Waals surface area contributed by atoms with Gasteiger partial charge in [0.2, 0.25) is 5.91 Å². The van der Waals surface area contributed by atoms with Gasteiger partial charge in [0, 0.05) is 27.9 Å². The lowest BCUT2D eigenvalue weighted by atomic mass is 10.2. The maximum absolute atomic E-state index is 11.7. The van der Waals surface area contributed by atoms with Crippen molar-refractivity contribution in [1.29, 1.82) is 5.26 Å². The molecule has 0 fully saturated rings. The molecule has 0 radical (unpaired) electrons. The van der Waals surface area contributed by atoms with Gasteiger partial charge in [-0.2, -0.15) is 5.26 Å². The second-order valence-corrected chi connectivity index (χ2v) is 6.30. The minimum Gasteiger partial charge on any atom is -0.376 e. The van der Waals surface area contributed by atoms with Crippen LogP contribution in [0.15, 0.2) is 53.4 Å². The van der Waals surface area contributed by atoms with Crippen LogP contribution in [0, 0.1) is 11.3 Å². The summed E-state index contributed by atoms with van der Waals surface area (Å²) in [6, 6.07) is 16.7. The molecule has 2 rings (SSSR count). The Balaban J connectivity index is 1.63. The summed E-state index contributed by atoms with van der Waals surface area (Å²) in [6.45, 7) is 0.804. The fraction of sp³-hybridized carbons (Fsp3) is 0.176. The molecule has 0 spiro atoms. The number of thioether (sulfide) groups is 1. The predicted octanol–water partition coefficient (Wildman–Crippen LogP) is 3.53. The van der Waals surface area contributed by atoms with Gasteiger partial charge < -0.3 is 10.6 Å². The molecule has 2 N–H and O–H groups in total. The second-order valence-electron chi connectivity index (χ2n) is 4.70. The van der Waals surface area contributed by atoms with E-state index in [1.165, 1.54) is 0 Å². The van der Waals surface area contributed by atoms with E-state index < -0.39 is 0 Å². The Bertz CT molecular complexity index is 680. The van der Waals surface area contributed by atoms with Crippen LogP contribution in [0.1, 0.15) is 5.56 Å². The maximum atomic E-state index is 11.7. The lowest BCUT2D eigenvalue weighted by molar-refractivity contribution is -0.119. The summed E-state index contributed by atoms with van der Waals surface area (Å²) >= 11 is 7.49. The lowest BCUT2D eigenvalue weighted by Gasteiger charge is -2.08. The molecule has 1 amide bonds. The van der Waals surface area contributed by atoms with Crippen molar-refractivity contribution in [2.45, 2.75) is 4.90 Å². The average molecular weight is 346 g/mol. The zero-order valence-electron chi connectivity index (χ0n) is 12.4. The molecule has 0 saturated heterocycles. The van der Waals surface area contributed by atoms with E-state index in [4.69, 9.17) is 16.9 Å². The van der Waals surface area contributed by atoms with Gasteiger partial charge in [-0.15, -0.1) is 11.8 Å². The number of halogens is 1. The fourth-order valence-electron chi connectivity index (χ4n) is 1.80. The van der Waals surface area contributed by atoms with Crippen molar-refractivity contribution in [2.24, 2.45) is 0 Å². The number of hydrogen-bond acceptors (Lipinski definition) is 4. The van der Waals surface area contributed by atoms with Gasteiger partial charge in [-0.25, -0.2) is 0 Å². The van der Waals surface area contributed by atoms with E-state index in [0.29, 0.717) is 12.1 Å². The van der Waals surface area contributed by atoms with E-state index in [1.54, 1.807) is 36.0 Å². The summed E-state index contributed by atoms with van der Waals surface area (Å²) in [4.78, 5) is 12.9. The highest BCUT2D eigenvalue weighted by Gasteiger charge is 2.01. The number of anilines is 1. The molecule has 2 aromatic carbocycles.